The van der Waals surface area contributed by atoms with Crippen LogP contribution in [0.3, 0.4) is 0 Å². The molecule has 1 aromatic rings. The summed E-state index contributed by atoms with van der Waals surface area (Å²) < 4.78 is 0. The average molecular weight is 344 g/mol. The number of hydrogen-bond donors (Lipinski definition) is 0. The summed E-state index contributed by atoms with van der Waals surface area (Å²) in [7, 11) is 0.417. The second-order valence-corrected chi connectivity index (χ2v) is 4.88. The predicted molar refractivity (Wildman–Crippen MR) is 61.3 cm³/mol. The molecule has 0 spiro atoms. The van der Waals surface area contributed by atoms with Crippen LogP contribution in [0.4, 0.5) is 0 Å². The molecule has 0 atom stereocenters. The molecule has 4 heteroatoms. The van der Waals surface area contributed by atoms with Gasteiger partial charge in [0, 0.05) is 9.52 Å². The Labute approximate surface area is 129 Å². The fourth-order valence-corrected chi connectivity index (χ4v) is 1.13. The third-order valence-corrected chi connectivity index (χ3v) is 2.18. The van der Waals surface area contributed by atoms with E-state index < -0.39 is 0 Å². The van der Waals surface area contributed by atoms with Crippen LogP contribution in [0, 0.1) is 27.7 Å². The maximum Gasteiger partial charge on any atom is 3.00 e. The minimum atomic E-state index is 0. The van der Waals surface area contributed by atoms with E-state index >= 15 is 0 Å². The molecule has 1 rings (SSSR count). The van der Waals surface area contributed by atoms with E-state index in [9.17, 15) is 0 Å². The van der Waals surface area contributed by atoms with Crippen LogP contribution < -0.4 is 24.8 Å². The molecule has 0 heterocycles. The van der Waals surface area contributed by atoms with Crippen LogP contribution in [0.1, 0.15) is 22.3 Å². The van der Waals surface area contributed by atoms with Crippen molar-refractivity contribution >= 4 is 9.52 Å². The maximum absolute atomic E-state index is 2.26. The van der Waals surface area contributed by atoms with Crippen LogP contribution in [-0.4, -0.2) is 9.52 Å². The van der Waals surface area contributed by atoms with Crippen molar-refractivity contribution in [1.82, 2.24) is 0 Å². The van der Waals surface area contributed by atoms with Gasteiger partial charge in [-0.25, -0.2) is 0 Å². The number of aryl methyl sites for hydroxylation is 2. The molecule has 0 N–H and O–H groups in total. The molecule has 0 bridgehead atoms. The molecule has 0 aromatic heterocycles. The summed E-state index contributed by atoms with van der Waals surface area (Å²) in [6.07, 6.45) is 0. The first kappa shape index (κ1) is 25.0. The van der Waals surface area contributed by atoms with Gasteiger partial charge in [-0.2, -0.15) is 28.3 Å². The van der Waals surface area contributed by atoms with Gasteiger partial charge >= 0.3 is 26.2 Å². The zero-order chi connectivity index (χ0) is 9.72. The summed E-state index contributed by atoms with van der Waals surface area (Å²) >= 11 is 0. The van der Waals surface area contributed by atoms with Gasteiger partial charge in [0.25, 0.3) is 0 Å². The maximum atomic E-state index is 2.26. The molecule has 1 radical (unpaired) electrons. The third-order valence-electron chi connectivity index (χ3n) is 2.18. The number of hydrogen-bond acceptors (Lipinski definition) is 0. The quantitative estimate of drug-likeness (QED) is 0.346. The second kappa shape index (κ2) is 13.1. The summed E-state index contributed by atoms with van der Waals surface area (Å²) in [4.78, 5) is 0. The van der Waals surface area contributed by atoms with E-state index in [2.05, 4.69) is 46.9 Å². The number of halogens is 2. The zero-order valence-electron chi connectivity index (χ0n) is 10.5. The van der Waals surface area contributed by atoms with Crippen LogP contribution in [0.15, 0.2) is 6.07 Å². The van der Waals surface area contributed by atoms with Gasteiger partial charge in [0.1, 0.15) is 0 Å². The molecule has 0 amide bonds. The van der Waals surface area contributed by atoms with Gasteiger partial charge in [-0.1, -0.05) is 40.8 Å². The Morgan fingerprint density at radius 2 is 1.40 bits per heavy atom. The molecule has 0 nitrogen and oxygen atoms in total. The molecule has 0 saturated heterocycles. The van der Waals surface area contributed by atoms with E-state index in [0.717, 1.165) is 0 Å². The summed E-state index contributed by atoms with van der Waals surface area (Å²) in [5, 5.41) is 0. The van der Waals surface area contributed by atoms with Crippen LogP contribution in [0.25, 0.3) is 0 Å². The summed E-state index contributed by atoms with van der Waals surface area (Å²) in [6.45, 7) is 13.2. The van der Waals surface area contributed by atoms with Gasteiger partial charge in [0.2, 0.25) is 0 Å². The first-order valence-electron chi connectivity index (χ1n) is 4.74. The molecular weight excluding hydrogens is 322 g/mol. The van der Waals surface area contributed by atoms with Crippen molar-refractivity contribution in [3.05, 3.63) is 28.3 Å². The van der Waals surface area contributed by atoms with Crippen LogP contribution in [-0.2, 0) is 26.2 Å². The molecule has 87 valence electrons. The van der Waals surface area contributed by atoms with Crippen molar-refractivity contribution in [2.45, 2.75) is 40.8 Å². The van der Waals surface area contributed by atoms with E-state index in [1.807, 2.05) is 0 Å². The minimum absolute atomic E-state index is 0. The van der Waals surface area contributed by atoms with Gasteiger partial charge in [-0.3, -0.25) is 0 Å². The molecule has 1 aromatic carbocycles. The molecule has 0 aliphatic carbocycles. The average Bonchev–Trinajstić information content (AvgIpc) is 2.20. The van der Waals surface area contributed by atoms with Crippen LogP contribution >= 0.6 is 0 Å². The number of rotatable bonds is 0. The van der Waals surface area contributed by atoms with Crippen LogP contribution in [0.5, 0.6) is 0 Å². The third kappa shape index (κ3) is 8.80. The monoisotopic (exact) mass is 341 g/mol. The summed E-state index contributed by atoms with van der Waals surface area (Å²) in [5.41, 5.74) is 5.75. The van der Waals surface area contributed by atoms with Gasteiger partial charge in [-0.15, -0.1) is 0 Å². The fraction of sp³-hybridized carbons (Fsp3) is 0.545. The first-order chi connectivity index (χ1) is 5.54. The van der Waals surface area contributed by atoms with E-state index in [4.69, 9.17) is 0 Å². The van der Waals surface area contributed by atoms with Crippen molar-refractivity contribution in [3.8, 4) is 0 Å². The van der Waals surface area contributed by atoms with Gasteiger partial charge in [0.15, 0.2) is 0 Å². The molecule has 15 heavy (non-hydrogen) atoms. The Morgan fingerprint density at radius 3 is 1.47 bits per heavy atom. The Kier molecular flexibility index (Phi) is 21.8. The summed E-state index contributed by atoms with van der Waals surface area (Å²) in [6, 6.07) is 2.24. The topological polar surface area (TPSA) is 0 Å². The van der Waals surface area contributed by atoms with Crippen LogP contribution in [0.2, 0.25) is 13.1 Å². The zero-order valence-corrected chi connectivity index (χ0v) is 15.9. The van der Waals surface area contributed by atoms with E-state index in [-0.39, 0.29) is 51.0 Å². The van der Waals surface area contributed by atoms with Crippen molar-refractivity contribution in [1.29, 1.82) is 0 Å². The molecule has 0 unspecified atom stereocenters. The van der Waals surface area contributed by atoms with Crippen molar-refractivity contribution in [2.24, 2.45) is 0 Å². The van der Waals surface area contributed by atoms with Crippen molar-refractivity contribution in [2.75, 3.05) is 0 Å². The van der Waals surface area contributed by atoms with E-state index in [1.165, 1.54) is 22.3 Å². The first-order valence-corrected chi connectivity index (χ1v) is 7.57. The molecule has 0 fully saturated rings. The Hall–Kier alpha value is 1.03. The molecule has 0 aliphatic rings. The minimum Gasteiger partial charge on any atom is -1.00 e. The largest absolute Gasteiger partial charge is 3.00 e. The standard InChI is InChI=1S/C9H13.C2H8Si.2ClH.Zr/c1-6-5-7(2)9(4)8(6)3;1-3-2;;;/h5H,1-4H3;3H2,1-2H3;2*1H;/q-1;;;;+3/p-2. The van der Waals surface area contributed by atoms with Gasteiger partial charge in [0.05, 0.1) is 0 Å². The Morgan fingerprint density at radius 1 is 1.07 bits per heavy atom. The molecule has 0 saturated carbocycles. The fourth-order valence-electron chi connectivity index (χ4n) is 1.13. The predicted octanol–water partition coefficient (Wildman–Crippen LogP) is -3.10. The molecule has 0 aliphatic heterocycles. The Bertz CT molecular complexity index is 224. The van der Waals surface area contributed by atoms with E-state index in [0.29, 0.717) is 9.52 Å². The van der Waals surface area contributed by atoms with Gasteiger partial charge in [-0.05, 0) is 0 Å². The normalized spacial score (nSPS) is 7.33. The Balaban J connectivity index is -0.0000000917. The smallest absolute Gasteiger partial charge is 1.00 e. The molecular formula is C11H21Cl2SiZr. The van der Waals surface area contributed by atoms with Gasteiger partial charge < -0.3 is 24.8 Å². The second-order valence-electron chi connectivity index (χ2n) is 3.47. The summed E-state index contributed by atoms with van der Waals surface area (Å²) in [5.74, 6) is 0. The van der Waals surface area contributed by atoms with Crippen molar-refractivity contribution < 1.29 is 51.0 Å². The van der Waals surface area contributed by atoms with E-state index in [1.54, 1.807) is 0 Å². The SMILES string of the molecule is C[SiH2]C.Cc1c[c-](C)c(C)c1C.[Cl-].[Cl-].[Zr+3]. The van der Waals surface area contributed by atoms with Crippen molar-refractivity contribution in [3.63, 3.8) is 0 Å².